The quantitative estimate of drug-likeness (QED) is 0.775. The SMILES string of the molecule is Cl.Cl.O=C1OCCN1C1CCN(C2CCOC3(CCNCC3)C2)CC1. The fourth-order valence-corrected chi connectivity index (χ4v) is 4.84. The molecule has 1 spiro atoms. The van der Waals surface area contributed by atoms with Crippen LogP contribution in [-0.2, 0) is 9.47 Å². The Hall–Kier alpha value is -0.270. The second-order valence-corrected chi connectivity index (χ2v) is 7.50. The lowest BCUT2D eigenvalue weighted by molar-refractivity contribution is -0.123. The van der Waals surface area contributed by atoms with Gasteiger partial charge in [-0.25, -0.2) is 4.79 Å². The Balaban J connectivity index is 0.00000113. The zero-order valence-corrected chi connectivity index (χ0v) is 16.4. The minimum absolute atomic E-state index is 0. The normalized spacial score (nSPS) is 30.5. The van der Waals surface area contributed by atoms with Crippen LogP contribution in [0, 0.1) is 0 Å². The Kier molecular flexibility index (Phi) is 7.65. The van der Waals surface area contributed by atoms with Gasteiger partial charge in [0.15, 0.2) is 0 Å². The van der Waals surface area contributed by atoms with E-state index in [1.807, 2.05) is 4.90 Å². The average molecular weight is 396 g/mol. The number of likely N-dealkylation sites (tertiary alicyclic amines) is 1. The highest BCUT2D eigenvalue weighted by molar-refractivity contribution is 5.85. The maximum Gasteiger partial charge on any atom is 0.410 e. The van der Waals surface area contributed by atoms with Crippen LogP contribution in [-0.4, -0.2) is 79.5 Å². The number of hydrogen-bond acceptors (Lipinski definition) is 5. The van der Waals surface area contributed by atoms with Gasteiger partial charge in [0.1, 0.15) is 6.61 Å². The van der Waals surface area contributed by atoms with Gasteiger partial charge in [0, 0.05) is 31.8 Å². The number of amides is 1. The van der Waals surface area contributed by atoms with Crippen LogP contribution in [0.3, 0.4) is 0 Å². The van der Waals surface area contributed by atoms with Gasteiger partial charge < -0.3 is 24.6 Å². The topological polar surface area (TPSA) is 54.0 Å². The van der Waals surface area contributed by atoms with Crippen molar-refractivity contribution in [2.75, 3.05) is 45.9 Å². The summed E-state index contributed by atoms with van der Waals surface area (Å²) in [5.74, 6) is 0. The van der Waals surface area contributed by atoms with Gasteiger partial charge in [-0.2, -0.15) is 0 Å². The Morgan fingerprint density at radius 3 is 2.32 bits per heavy atom. The van der Waals surface area contributed by atoms with Crippen LogP contribution >= 0.6 is 24.8 Å². The molecule has 1 amide bonds. The maximum atomic E-state index is 11.7. The number of nitrogens with zero attached hydrogens (tertiary/aromatic N) is 2. The molecule has 25 heavy (non-hydrogen) atoms. The van der Waals surface area contributed by atoms with E-state index in [0.717, 1.165) is 71.4 Å². The van der Waals surface area contributed by atoms with E-state index in [2.05, 4.69) is 10.2 Å². The van der Waals surface area contributed by atoms with Crippen molar-refractivity contribution in [2.45, 2.75) is 56.2 Å². The van der Waals surface area contributed by atoms with E-state index in [4.69, 9.17) is 9.47 Å². The number of cyclic esters (lactones) is 1. The molecule has 4 aliphatic heterocycles. The van der Waals surface area contributed by atoms with Gasteiger partial charge in [-0.3, -0.25) is 0 Å². The summed E-state index contributed by atoms with van der Waals surface area (Å²) >= 11 is 0. The highest BCUT2D eigenvalue weighted by atomic mass is 35.5. The smallest absolute Gasteiger partial charge is 0.410 e. The lowest BCUT2D eigenvalue weighted by Gasteiger charge is -2.48. The molecule has 0 radical (unpaired) electrons. The minimum atomic E-state index is -0.108. The first kappa shape index (κ1) is 21.0. The van der Waals surface area contributed by atoms with Gasteiger partial charge in [0.05, 0.1) is 12.1 Å². The fraction of sp³-hybridized carbons (Fsp3) is 0.941. The summed E-state index contributed by atoms with van der Waals surface area (Å²) in [6.07, 6.45) is 6.71. The van der Waals surface area contributed by atoms with Crippen molar-refractivity contribution < 1.29 is 14.3 Å². The van der Waals surface area contributed by atoms with Gasteiger partial charge in [0.2, 0.25) is 0 Å². The molecule has 1 atom stereocenters. The molecule has 4 rings (SSSR count). The summed E-state index contributed by atoms with van der Waals surface area (Å²) in [6, 6.07) is 1.04. The molecule has 0 saturated carbocycles. The molecule has 0 aromatic rings. The first-order valence-electron chi connectivity index (χ1n) is 9.28. The van der Waals surface area contributed by atoms with Crippen LogP contribution in [0.25, 0.3) is 0 Å². The first-order valence-corrected chi connectivity index (χ1v) is 9.28. The van der Waals surface area contributed by atoms with Crippen molar-refractivity contribution in [3.8, 4) is 0 Å². The van der Waals surface area contributed by atoms with E-state index in [0.29, 0.717) is 18.7 Å². The van der Waals surface area contributed by atoms with E-state index >= 15 is 0 Å². The molecule has 4 aliphatic rings. The fourth-order valence-electron chi connectivity index (χ4n) is 4.84. The second kappa shape index (κ2) is 9.09. The molecule has 6 nitrogen and oxygen atoms in total. The standard InChI is InChI=1S/C17H29N3O3.2ClH/c21-16-20(10-12-22-16)14-1-8-19(9-2-14)15-3-11-23-17(13-15)4-6-18-7-5-17;;/h14-15,18H,1-13H2;2*1H. The average Bonchev–Trinajstić information content (AvgIpc) is 3.02. The van der Waals surface area contributed by atoms with Crippen molar-refractivity contribution in [1.82, 2.24) is 15.1 Å². The molecule has 0 bridgehead atoms. The van der Waals surface area contributed by atoms with E-state index < -0.39 is 0 Å². The Morgan fingerprint density at radius 1 is 0.960 bits per heavy atom. The highest BCUT2D eigenvalue weighted by Crippen LogP contribution is 2.36. The van der Waals surface area contributed by atoms with Crippen LogP contribution in [0.15, 0.2) is 0 Å². The van der Waals surface area contributed by atoms with Gasteiger partial charge >= 0.3 is 6.09 Å². The van der Waals surface area contributed by atoms with Crippen LogP contribution in [0.1, 0.15) is 38.5 Å². The van der Waals surface area contributed by atoms with Crippen LogP contribution < -0.4 is 5.32 Å². The lowest BCUT2D eigenvalue weighted by atomic mass is 9.82. The number of carbonyl (C=O) groups is 1. The minimum Gasteiger partial charge on any atom is -0.448 e. The Bertz CT molecular complexity index is 435. The third kappa shape index (κ3) is 4.53. The monoisotopic (exact) mass is 395 g/mol. The van der Waals surface area contributed by atoms with Crippen LogP contribution in [0.5, 0.6) is 0 Å². The van der Waals surface area contributed by atoms with E-state index in [1.54, 1.807) is 0 Å². The van der Waals surface area contributed by atoms with Crippen molar-refractivity contribution in [1.29, 1.82) is 0 Å². The number of hydrogen-bond donors (Lipinski definition) is 1. The maximum absolute atomic E-state index is 11.7. The Morgan fingerprint density at radius 2 is 1.68 bits per heavy atom. The zero-order chi connectivity index (χ0) is 15.7. The predicted molar refractivity (Wildman–Crippen MR) is 101 cm³/mol. The van der Waals surface area contributed by atoms with Crippen molar-refractivity contribution >= 4 is 30.9 Å². The molecule has 0 aliphatic carbocycles. The first-order chi connectivity index (χ1) is 11.3. The van der Waals surface area contributed by atoms with Crippen LogP contribution in [0.2, 0.25) is 0 Å². The number of piperidine rings is 2. The van der Waals surface area contributed by atoms with E-state index in [-0.39, 0.29) is 36.5 Å². The van der Waals surface area contributed by atoms with E-state index in [1.165, 1.54) is 6.42 Å². The summed E-state index contributed by atoms with van der Waals surface area (Å²) in [5.41, 5.74) is 0.129. The molecule has 0 aromatic heterocycles. The van der Waals surface area contributed by atoms with Gasteiger partial charge in [-0.1, -0.05) is 0 Å². The van der Waals surface area contributed by atoms with Crippen molar-refractivity contribution in [3.05, 3.63) is 0 Å². The number of carbonyl (C=O) groups excluding carboxylic acids is 1. The molecule has 8 heteroatoms. The summed E-state index contributed by atoms with van der Waals surface area (Å²) in [4.78, 5) is 16.3. The molecule has 0 aromatic carbocycles. The Labute approximate surface area is 162 Å². The molecule has 146 valence electrons. The number of rotatable bonds is 2. The second-order valence-electron chi connectivity index (χ2n) is 7.50. The predicted octanol–water partition coefficient (Wildman–Crippen LogP) is 2.05. The zero-order valence-electron chi connectivity index (χ0n) is 14.8. The van der Waals surface area contributed by atoms with Crippen molar-refractivity contribution in [2.24, 2.45) is 0 Å². The molecule has 1 N–H and O–H groups in total. The molecule has 4 heterocycles. The molecule has 1 unspecified atom stereocenters. The third-order valence-electron chi connectivity index (χ3n) is 6.23. The largest absolute Gasteiger partial charge is 0.448 e. The molecular weight excluding hydrogens is 365 g/mol. The third-order valence-corrected chi connectivity index (χ3v) is 6.23. The molecule has 4 saturated heterocycles. The number of ether oxygens (including phenoxy) is 2. The highest BCUT2D eigenvalue weighted by Gasteiger charge is 2.41. The van der Waals surface area contributed by atoms with E-state index in [9.17, 15) is 4.79 Å². The van der Waals surface area contributed by atoms with Crippen LogP contribution in [0.4, 0.5) is 4.79 Å². The lowest BCUT2D eigenvalue weighted by Crippen LogP contribution is -2.55. The molecule has 4 fully saturated rings. The van der Waals surface area contributed by atoms with Gasteiger partial charge in [-0.15, -0.1) is 24.8 Å². The summed E-state index contributed by atoms with van der Waals surface area (Å²) in [7, 11) is 0. The van der Waals surface area contributed by atoms with Gasteiger partial charge in [-0.05, 0) is 51.6 Å². The summed E-state index contributed by atoms with van der Waals surface area (Å²) in [5, 5.41) is 3.45. The van der Waals surface area contributed by atoms with Crippen molar-refractivity contribution in [3.63, 3.8) is 0 Å². The number of nitrogens with one attached hydrogen (secondary N) is 1. The molecular formula is C17H31Cl2N3O3. The number of halogens is 2. The summed E-state index contributed by atoms with van der Waals surface area (Å²) in [6.45, 7) is 6.63. The van der Waals surface area contributed by atoms with Gasteiger partial charge in [0.25, 0.3) is 0 Å². The summed E-state index contributed by atoms with van der Waals surface area (Å²) < 4.78 is 11.3.